The highest BCUT2D eigenvalue weighted by molar-refractivity contribution is 5.71. The first-order valence-electron chi connectivity index (χ1n) is 10.5. The Hall–Kier alpha value is -3.53. The lowest BCUT2D eigenvalue weighted by molar-refractivity contribution is -0.141. The summed E-state index contributed by atoms with van der Waals surface area (Å²) < 4.78 is 21.5. The fourth-order valence-electron chi connectivity index (χ4n) is 3.82. The number of hydrogen-bond donors (Lipinski definition) is 1. The number of amides is 1. The van der Waals surface area contributed by atoms with Gasteiger partial charge < -0.3 is 28.6 Å². The molecule has 1 saturated heterocycles. The summed E-state index contributed by atoms with van der Waals surface area (Å²) >= 11 is 0. The van der Waals surface area contributed by atoms with Gasteiger partial charge in [-0.3, -0.25) is 19.3 Å². The fourth-order valence-corrected chi connectivity index (χ4v) is 3.82. The lowest BCUT2D eigenvalue weighted by Crippen LogP contribution is -2.45. The van der Waals surface area contributed by atoms with Crippen molar-refractivity contribution in [2.24, 2.45) is 0 Å². The Labute approximate surface area is 191 Å². The zero-order valence-corrected chi connectivity index (χ0v) is 18.9. The predicted octanol–water partition coefficient (Wildman–Crippen LogP) is 1.33. The van der Waals surface area contributed by atoms with E-state index in [4.69, 9.17) is 18.6 Å². The van der Waals surface area contributed by atoms with E-state index >= 15 is 0 Å². The summed E-state index contributed by atoms with van der Waals surface area (Å²) in [5.41, 5.74) is -0.0842. The molecular formula is C23H28N2O8. The molecule has 3 rings (SSSR count). The Bertz CT molecular complexity index is 1040. The van der Waals surface area contributed by atoms with Crippen LogP contribution in [0.15, 0.2) is 33.5 Å². The van der Waals surface area contributed by atoms with Gasteiger partial charge in [0, 0.05) is 43.9 Å². The summed E-state index contributed by atoms with van der Waals surface area (Å²) in [5.74, 6) is -0.709. The normalized spacial score (nSPS) is 15.1. The summed E-state index contributed by atoms with van der Waals surface area (Å²) in [4.78, 5) is 39.5. The minimum Gasteiger partial charge on any atom is -0.502 e. The van der Waals surface area contributed by atoms with Gasteiger partial charge in [0.25, 0.3) is 0 Å². The summed E-state index contributed by atoms with van der Waals surface area (Å²) in [6.45, 7) is 2.71. The number of aromatic hydroxyl groups is 1. The standard InChI is InChI=1S/C23H28N2O8/c1-30-15-4-5-17(20(11-15)31-2)18(12-21(28)32-3)23-22(29)19(27)10-16(33-23)13-24-6-8-25(14-26)9-7-24/h4-5,10-11,14,18,29H,6-9,12-13H2,1-3H3/t18-/m1/s1. The average Bonchev–Trinajstić information content (AvgIpc) is 2.84. The van der Waals surface area contributed by atoms with E-state index in [-0.39, 0.29) is 12.2 Å². The number of methoxy groups -OCH3 is 3. The first-order chi connectivity index (χ1) is 15.9. The van der Waals surface area contributed by atoms with E-state index in [2.05, 4.69) is 0 Å². The topological polar surface area (TPSA) is 119 Å². The Morgan fingerprint density at radius 3 is 2.48 bits per heavy atom. The molecule has 10 heteroatoms. The van der Waals surface area contributed by atoms with E-state index in [1.807, 2.05) is 4.90 Å². The van der Waals surface area contributed by atoms with Crippen LogP contribution in [0, 0.1) is 0 Å². The molecule has 0 bridgehead atoms. The predicted molar refractivity (Wildman–Crippen MR) is 118 cm³/mol. The number of carbonyl (C=O) groups is 2. The average molecular weight is 460 g/mol. The molecule has 1 aliphatic heterocycles. The molecule has 2 heterocycles. The lowest BCUT2D eigenvalue weighted by atomic mass is 9.91. The van der Waals surface area contributed by atoms with Crippen molar-refractivity contribution in [1.29, 1.82) is 0 Å². The Balaban J connectivity index is 2.00. The van der Waals surface area contributed by atoms with Crippen LogP contribution in [0.25, 0.3) is 0 Å². The van der Waals surface area contributed by atoms with E-state index in [1.165, 1.54) is 27.4 Å². The van der Waals surface area contributed by atoms with Crippen LogP contribution in [0.3, 0.4) is 0 Å². The van der Waals surface area contributed by atoms with Gasteiger partial charge >= 0.3 is 5.97 Å². The molecule has 0 aliphatic carbocycles. The molecule has 178 valence electrons. The first kappa shape index (κ1) is 24.1. The van der Waals surface area contributed by atoms with Crippen molar-refractivity contribution < 1.29 is 33.3 Å². The van der Waals surface area contributed by atoms with Crippen LogP contribution < -0.4 is 14.9 Å². The van der Waals surface area contributed by atoms with E-state index in [1.54, 1.807) is 23.1 Å². The van der Waals surface area contributed by atoms with E-state index < -0.39 is 23.1 Å². The number of piperazine rings is 1. The molecule has 10 nitrogen and oxygen atoms in total. The van der Waals surface area contributed by atoms with Crippen molar-refractivity contribution in [2.75, 3.05) is 47.5 Å². The highest BCUT2D eigenvalue weighted by Gasteiger charge is 2.29. The molecule has 0 saturated carbocycles. The van der Waals surface area contributed by atoms with Gasteiger partial charge in [0.1, 0.15) is 17.3 Å². The Morgan fingerprint density at radius 1 is 1.15 bits per heavy atom. The van der Waals surface area contributed by atoms with E-state index in [0.29, 0.717) is 55.5 Å². The molecule has 1 amide bonds. The third-order valence-corrected chi connectivity index (χ3v) is 5.67. The third-order valence-electron chi connectivity index (χ3n) is 5.67. The smallest absolute Gasteiger partial charge is 0.306 e. The van der Waals surface area contributed by atoms with E-state index in [0.717, 1.165) is 6.41 Å². The second-order valence-electron chi connectivity index (χ2n) is 7.65. The van der Waals surface area contributed by atoms with Crippen molar-refractivity contribution in [2.45, 2.75) is 18.9 Å². The minimum atomic E-state index is -0.835. The number of hydrogen-bond acceptors (Lipinski definition) is 9. The summed E-state index contributed by atoms with van der Waals surface area (Å²) in [6, 6.07) is 6.26. The van der Waals surface area contributed by atoms with Crippen molar-refractivity contribution in [3.63, 3.8) is 0 Å². The first-order valence-corrected chi connectivity index (χ1v) is 10.5. The third kappa shape index (κ3) is 5.64. The number of benzene rings is 1. The van der Waals surface area contributed by atoms with Crippen LogP contribution in [0.1, 0.15) is 29.4 Å². The van der Waals surface area contributed by atoms with Crippen LogP contribution in [-0.4, -0.2) is 74.8 Å². The second kappa shape index (κ2) is 10.9. The summed E-state index contributed by atoms with van der Waals surface area (Å²) in [6.07, 6.45) is 0.632. The number of rotatable bonds is 9. The quantitative estimate of drug-likeness (QED) is 0.437. The lowest BCUT2D eigenvalue weighted by Gasteiger charge is -2.32. The molecule has 1 aromatic heterocycles. The van der Waals surface area contributed by atoms with Crippen molar-refractivity contribution >= 4 is 12.4 Å². The molecular weight excluding hydrogens is 432 g/mol. The summed E-state index contributed by atoms with van der Waals surface area (Å²) in [7, 11) is 4.25. The highest BCUT2D eigenvalue weighted by atomic mass is 16.5. The molecule has 1 aliphatic rings. The van der Waals surface area contributed by atoms with Gasteiger partial charge in [-0.15, -0.1) is 0 Å². The van der Waals surface area contributed by atoms with Crippen LogP contribution >= 0.6 is 0 Å². The SMILES string of the molecule is COC(=O)C[C@H](c1ccc(OC)cc1OC)c1oc(CN2CCN(C=O)CC2)cc(=O)c1O. The van der Waals surface area contributed by atoms with Gasteiger partial charge in [0.05, 0.1) is 40.2 Å². The molecule has 1 fully saturated rings. The molecule has 0 spiro atoms. The maximum atomic E-state index is 12.6. The maximum absolute atomic E-state index is 12.6. The molecule has 1 atom stereocenters. The zero-order chi connectivity index (χ0) is 24.0. The van der Waals surface area contributed by atoms with Crippen LogP contribution in [0.2, 0.25) is 0 Å². The minimum absolute atomic E-state index is 0.0436. The van der Waals surface area contributed by atoms with Crippen molar-refractivity contribution in [3.05, 3.63) is 51.6 Å². The van der Waals surface area contributed by atoms with Gasteiger partial charge in [0.2, 0.25) is 17.6 Å². The molecule has 0 unspecified atom stereocenters. The Morgan fingerprint density at radius 2 is 1.88 bits per heavy atom. The highest BCUT2D eigenvalue weighted by Crippen LogP contribution is 2.39. The number of nitrogens with zero attached hydrogens (tertiary/aromatic N) is 2. The summed E-state index contributed by atoms with van der Waals surface area (Å²) in [5, 5.41) is 10.6. The molecule has 2 aromatic rings. The molecule has 1 aromatic carbocycles. The number of esters is 1. The molecule has 0 radical (unpaired) electrons. The van der Waals surface area contributed by atoms with E-state index in [9.17, 15) is 19.5 Å². The number of carbonyl (C=O) groups excluding carboxylic acids is 2. The van der Waals surface area contributed by atoms with Gasteiger partial charge in [0.15, 0.2) is 5.76 Å². The van der Waals surface area contributed by atoms with Crippen molar-refractivity contribution in [3.8, 4) is 17.2 Å². The van der Waals surface area contributed by atoms with Gasteiger partial charge in [-0.1, -0.05) is 6.07 Å². The van der Waals surface area contributed by atoms with Crippen LogP contribution in [0.4, 0.5) is 0 Å². The number of ether oxygens (including phenoxy) is 3. The monoisotopic (exact) mass is 460 g/mol. The van der Waals surface area contributed by atoms with Gasteiger partial charge in [-0.25, -0.2) is 0 Å². The van der Waals surface area contributed by atoms with Crippen molar-refractivity contribution in [1.82, 2.24) is 9.80 Å². The van der Waals surface area contributed by atoms with Crippen LogP contribution in [-0.2, 0) is 20.9 Å². The Kier molecular flexibility index (Phi) is 7.94. The molecule has 1 N–H and O–H groups in total. The van der Waals surface area contributed by atoms with Gasteiger partial charge in [-0.05, 0) is 6.07 Å². The fraction of sp³-hybridized carbons (Fsp3) is 0.435. The second-order valence-corrected chi connectivity index (χ2v) is 7.65. The maximum Gasteiger partial charge on any atom is 0.306 e. The zero-order valence-electron chi connectivity index (χ0n) is 18.9. The van der Waals surface area contributed by atoms with Gasteiger partial charge in [-0.2, -0.15) is 0 Å². The van der Waals surface area contributed by atoms with Crippen LogP contribution in [0.5, 0.6) is 17.2 Å². The largest absolute Gasteiger partial charge is 0.502 e. The molecule has 33 heavy (non-hydrogen) atoms.